The summed E-state index contributed by atoms with van der Waals surface area (Å²) in [6.45, 7) is 10.2. The van der Waals surface area contributed by atoms with Crippen LogP contribution in [0.1, 0.15) is 71.6 Å². The average molecular weight is 300 g/mol. The van der Waals surface area contributed by atoms with E-state index in [9.17, 15) is 0 Å². The monoisotopic (exact) mass is 300 g/mol. The van der Waals surface area contributed by atoms with Gasteiger partial charge in [0, 0.05) is 19.8 Å². The van der Waals surface area contributed by atoms with Gasteiger partial charge < -0.3 is 14.6 Å². The zero-order valence-corrected chi connectivity index (χ0v) is 14.2. The van der Waals surface area contributed by atoms with Crippen molar-refractivity contribution in [1.29, 1.82) is 0 Å². The third-order valence-corrected chi connectivity index (χ3v) is 3.70. The molecular formula is C18H36O3. The molecule has 126 valence electrons. The summed E-state index contributed by atoms with van der Waals surface area (Å²) >= 11 is 0. The van der Waals surface area contributed by atoms with E-state index in [0.29, 0.717) is 18.8 Å². The highest BCUT2D eigenvalue weighted by atomic mass is 16.5. The SMILES string of the molecule is C=CCCCCO.CC1CCCCO1.CCC1CCCO1. The molecule has 21 heavy (non-hydrogen) atoms. The number of hydrogen-bond donors (Lipinski definition) is 1. The van der Waals surface area contributed by atoms with Crippen LogP contribution in [-0.2, 0) is 9.47 Å². The Bertz CT molecular complexity index is 207. The maximum atomic E-state index is 8.26. The Kier molecular flexibility index (Phi) is 15.7. The molecule has 0 aliphatic carbocycles. The minimum absolute atomic E-state index is 0.313. The molecular weight excluding hydrogens is 264 g/mol. The molecule has 3 nitrogen and oxygen atoms in total. The van der Waals surface area contributed by atoms with Crippen molar-refractivity contribution in [2.24, 2.45) is 0 Å². The van der Waals surface area contributed by atoms with E-state index in [-0.39, 0.29) is 0 Å². The second-order valence-electron chi connectivity index (χ2n) is 5.73. The Hall–Kier alpha value is -0.380. The van der Waals surface area contributed by atoms with Crippen LogP contribution < -0.4 is 0 Å². The maximum Gasteiger partial charge on any atom is 0.0573 e. The van der Waals surface area contributed by atoms with E-state index in [1.54, 1.807) is 0 Å². The molecule has 2 aliphatic heterocycles. The van der Waals surface area contributed by atoms with Gasteiger partial charge in [-0.2, -0.15) is 0 Å². The van der Waals surface area contributed by atoms with Crippen LogP contribution >= 0.6 is 0 Å². The average Bonchev–Trinajstić information content (AvgIpc) is 3.03. The predicted octanol–water partition coefficient (Wildman–Crippen LogP) is 4.49. The Morgan fingerprint density at radius 3 is 2.19 bits per heavy atom. The topological polar surface area (TPSA) is 38.7 Å². The predicted molar refractivity (Wildman–Crippen MR) is 89.7 cm³/mol. The molecule has 2 unspecified atom stereocenters. The Labute approximate surface area is 131 Å². The van der Waals surface area contributed by atoms with Gasteiger partial charge in [0.1, 0.15) is 0 Å². The first-order chi connectivity index (χ1) is 10.2. The third kappa shape index (κ3) is 14.3. The second-order valence-corrected chi connectivity index (χ2v) is 5.73. The molecule has 2 saturated heterocycles. The van der Waals surface area contributed by atoms with Gasteiger partial charge in [0.05, 0.1) is 12.2 Å². The zero-order valence-electron chi connectivity index (χ0n) is 14.2. The van der Waals surface area contributed by atoms with E-state index < -0.39 is 0 Å². The summed E-state index contributed by atoms with van der Waals surface area (Å²) in [5.41, 5.74) is 0. The summed E-state index contributed by atoms with van der Waals surface area (Å²) in [4.78, 5) is 0. The Balaban J connectivity index is 0.000000286. The van der Waals surface area contributed by atoms with Crippen LogP contribution in [0.25, 0.3) is 0 Å². The van der Waals surface area contributed by atoms with Crippen LogP contribution in [0.4, 0.5) is 0 Å². The van der Waals surface area contributed by atoms with Gasteiger partial charge in [0.25, 0.3) is 0 Å². The van der Waals surface area contributed by atoms with Crippen molar-refractivity contribution < 1.29 is 14.6 Å². The maximum absolute atomic E-state index is 8.26. The minimum atomic E-state index is 0.313. The lowest BCUT2D eigenvalue weighted by molar-refractivity contribution is 0.0285. The van der Waals surface area contributed by atoms with Crippen LogP contribution in [0.2, 0.25) is 0 Å². The zero-order chi connectivity index (χ0) is 15.8. The van der Waals surface area contributed by atoms with Gasteiger partial charge >= 0.3 is 0 Å². The van der Waals surface area contributed by atoms with E-state index in [1.807, 2.05) is 6.08 Å². The molecule has 2 fully saturated rings. The summed E-state index contributed by atoms with van der Waals surface area (Å²) in [6.07, 6.45) is 13.7. The van der Waals surface area contributed by atoms with Gasteiger partial charge in [0.15, 0.2) is 0 Å². The van der Waals surface area contributed by atoms with E-state index in [2.05, 4.69) is 20.4 Å². The molecule has 2 atom stereocenters. The minimum Gasteiger partial charge on any atom is -0.396 e. The molecule has 0 saturated carbocycles. The first-order valence-corrected chi connectivity index (χ1v) is 8.69. The molecule has 0 aromatic rings. The fraction of sp³-hybridized carbons (Fsp3) is 0.889. The highest BCUT2D eigenvalue weighted by Crippen LogP contribution is 2.13. The van der Waals surface area contributed by atoms with Crippen LogP contribution in [-0.4, -0.2) is 37.1 Å². The fourth-order valence-electron chi connectivity index (χ4n) is 2.27. The lowest BCUT2D eigenvalue weighted by atomic mass is 10.1. The van der Waals surface area contributed by atoms with Crippen molar-refractivity contribution >= 4 is 0 Å². The molecule has 0 spiro atoms. The third-order valence-electron chi connectivity index (χ3n) is 3.70. The molecule has 1 N–H and O–H groups in total. The number of unbranched alkanes of at least 4 members (excludes halogenated alkanes) is 2. The van der Waals surface area contributed by atoms with E-state index >= 15 is 0 Å². The van der Waals surface area contributed by atoms with Crippen LogP contribution in [0.5, 0.6) is 0 Å². The summed E-state index contributed by atoms with van der Waals surface area (Å²) in [5, 5.41) is 8.26. The number of allylic oxidation sites excluding steroid dienone is 1. The number of aliphatic hydroxyl groups is 1. The van der Waals surface area contributed by atoms with Crippen molar-refractivity contribution in [3.05, 3.63) is 12.7 Å². The number of aliphatic hydroxyl groups excluding tert-OH is 1. The smallest absolute Gasteiger partial charge is 0.0573 e. The van der Waals surface area contributed by atoms with Crippen molar-refractivity contribution in [2.75, 3.05) is 19.8 Å². The molecule has 0 radical (unpaired) electrons. The Morgan fingerprint density at radius 1 is 1.10 bits per heavy atom. The van der Waals surface area contributed by atoms with Crippen LogP contribution in [0.3, 0.4) is 0 Å². The Morgan fingerprint density at radius 2 is 1.86 bits per heavy atom. The van der Waals surface area contributed by atoms with Crippen LogP contribution in [0, 0.1) is 0 Å². The molecule has 2 heterocycles. The molecule has 0 bridgehead atoms. The lowest BCUT2D eigenvalue weighted by Crippen LogP contribution is -2.14. The van der Waals surface area contributed by atoms with Gasteiger partial charge in [-0.3, -0.25) is 0 Å². The van der Waals surface area contributed by atoms with Gasteiger partial charge in [-0.05, 0) is 64.7 Å². The fourth-order valence-corrected chi connectivity index (χ4v) is 2.27. The van der Waals surface area contributed by atoms with Gasteiger partial charge in [0.2, 0.25) is 0 Å². The summed E-state index contributed by atoms with van der Waals surface area (Å²) < 4.78 is 10.6. The van der Waals surface area contributed by atoms with Crippen LogP contribution in [0.15, 0.2) is 12.7 Å². The summed E-state index contributed by atoms with van der Waals surface area (Å²) in [7, 11) is 0. The number of rotatable bonds is 5. The highest BCUT2D eigenvalue weighted by molar-refractivity contribution is 4.64. The van der Waals surface area contributed by atoms with Gasteiger partial charge in [-0.15, -0.1) is 6.58 Å². The number of ether oxygens (including phenoxy) is 2. The molecule has 0 aromatic heterocycles. The molecule has 3 heteroatoms. The first kappa shape index (κ1) is 20.6. The molecule has 2 rings (SSSR count). The highest BCUT2D eigenvalue weighted by Gasteiger charge is 2.11. The first-order valence-electron chi connectivity index (χ1n) is 8.69. The quantitative estimate of drug-likeness (QED) is 0.601. The summed E-state index contributed by atoms with van der Waals surface area (Å²) in [5.74, 6) is 0. The lowest BCUT2D eigenvalue weighted by Gasteiger charge is -2.17. The van der Waals surface area contributed by atoms with Crippen molar-refractivity contribution in [3.8, 4) is 0 Å². The second kappa shape index (κ2) is 16.0. The number of hydrogen-bond acceptors (Lipinski definition) is 3. The molecule has 0 amide bonds. The largest absolute Gasteiger partial charge is 0.396 e. The van der Waals surface area contributed by atoms with Gasteiger partial charge in [-0.1, -0.05) is 13.0 Å². The van der Waals surface area contributed by atoms with Gasteiger partial charge in [-0.25, -0.2) is 0 Å². The molecule has 0 aromatic carbocycles. The normalized spacial score (nSPS) is 24.3. The summed E-state index contributed by atoms with van der Waals surface area (Å²) in [6, 6.07) is 0. The van der Waals surface area contributed by atoms with E-state index in [0.717, 1.165) is 32.5 Å². The van der Waals surface area contributed by atoms with Crippen molar-refractivity contribution in [3.63, 3.8) is 0 Å². The van der Waals surface area contributed by atoms with Crippen molar-refractivity contribution in [2.45, 2.75) is 83.8 Å². The van der Waals surface area contributed by atoms with Crippen molar-refractivity contribution in [1.82, 2.24) is 0 Å². The standard InChI is InChI=1S/3C6H12O/c1-6-4-2-3-5-7-6;1-2-6-4-3-5-7-6;1-2-3-4-5-6-7/h2*6H,2-5H2,1H3;2,7H,1,3-6H2. The van der Waals surface area contributed by atoms with E-state index in [1.165, 1.54) is 38.5 Å². The molecule has 2 aliphatic rings. The van der Waals surface area contributed by atoms with E-state index in [4.69, 9.17) is 14.6 Å².